The van der Waals surface area contributed by atoms with Crippen LogP contribution < -0.4 is 0 Å². The standard InChI is InChI=1S/C12H13N3O2/c13-6-9-3-4-11(14-7-9)12(17)15-5-1-2-10(15)8-16/h3-4,7,10,16H,1-2,5,8H2/t10-/m1/s1. The normalized spacial score (nSPS) is 19.1. The number of hydrogen-bond donors (Lipinski definition) is 1. The Morgan fingerprint density at radius 3 is 3.06 bits per heavy atom. The van der Waals surface area contributed by atoms with Gasteiger partial charge in [0, 0.05) is 12.7 Å². The van der Waals surface area contributed by atoms with Crippen molar-refractivity contribution in [2.45, 2.75) is 18.9 Å². The number of aliphatic hydroxyl groups is 1. The van der Waals surface area contributed by atoms with E-state index in [4.69, 9.17) is 10.4 Å². The Morgan fingerprint density at radius 1 is 1.65 bits per heavy atom. The van der Waals surface area contributed by atoms with Crippen LogP contribution >= 0.6 is 0 Å². The van der Waals surface area contributed by atoms with Gasteiger partial charge in [0.15, 0.2) is 0 Å². The van der Waals surface area contributed by atoms with Gasteiger partial charge in [-0.15, -0.1) is 0 Å². The van der Waals surface area contributed by atoms with Gasteiger partial charge < -0.3 is 10.0 Å². The molecule has 5 nitrogen and oxygen atoms in total. The van der Waals surface area contributed by atoms with Gasteiger partial charge in [-0.05, 0) is 25.0 Å². The first-order chi connectivity index (χ1) is 8.26. The van der Waals surface area contributed by atoms with Gasteiger partial charge in [0.05, 0.1) is 18.2 Å². The fraction of sp³-hybridized carbons (Fsp3) is 0.417. The lowest BCUT2D eigenvalue weighted by Gasteiger charge is -2.22. The fourth-order valence-electron chi connectivity index (χ4n) is 2.03. The van der Waals surface area contributed by atoms with E-state index in [9.17, 15) is 4.79 Å². The lowest BCUT2D eigenvalue weighted by Crippen LogP contribution is -2.38. The molecule has 1 N–H and O–H groups in total. The number of aliphatic hydroxyl groups excluding tert-OH is 1. The van der Waals surface area contributed by atoms with Crippen LogP contribution in [0.1, 0.15) is 28.9 Å². The molecule has 0 spiro atoms. The molecular weight excluding hydrogens is 218 g/mol. The van der Waals surface area contributed by atoms with Gasteiger partial charge in [0.2, 0.25) is 0 Å². The molecule has 17 heavy (non-hydrogen) atoms. The van der Waals surface area contributed by atoms with E-state index >= 15 is 0 Å². The van der Waals surface area contributed by atoms with Crippen LogP contribution in [0.15, 0.2) is 18.3 Å². The Balaban J connectivity index is 2.16. The Hall–Kier alpha value is -1.93. The summed E-state index contributed by atoms with van der Waals surface area (Å²) >= 11 is 0. The van der Waals surface area contributed by atoms with Gasteiger partial charge in [-0.25, -0.2) is 4.98 Å². The highest BCUT2D eigenvalue weighted by Gasteiger charge is 2.29. The van der Waals surface area contributed by atoms with Crippen molar-refractivity contribution in [1.82, 2.24) is 9.88 Å². The molecule has 1 aliphatic rings. The molecule has 1 saturated heterocycles. The molecule has 1 aromatic heterocycles. The zero-order chi connectivity index (χ0) is 12.3. The number of carbonyl (C=O) groups excluding carboxylic acids is 1. The number of nitrogens with zero attached hydrogens (tertiary/aromatic N) is 3. The molecule has 1 amide bonds. The zero-order valence-corrected chi connectivity index (χ0v) is 9.33. The molecule has 1 atom stereocenters. The van der Waals surface area contributed by atoms with Gasteiger partial charge in [0.1, 0.15) is 11.8 Å². The van der Waals surface area contributed by atoms with Crippen LogP contribution in [0.5, 0.6) is 0 Å². The molecular formula is C12H13N3O2. The molecule has 2 heterocycles. The first-order valence-corrected chi connectivity index (χ1v) is 5.54. The molecule has 0 unspecified atom stereocenters. The van der Waals surface area contributed by atoms with Crippen molar-refractivity contribution in [2.24, 2.45) is 0 Å². The summed E-state index contributed by atoms with van der Waals surface area (Å²) in [5.74, 6) is -0.175. The topological polar surface area (TPSA) is 77.2 Å². The third-order valence-electron chi connectivity index (χ3n) is 2.96. The Kier molecular flexibility index (Phi) is 3.35. The van der Waals surface area contributed by atoms with E-state index in [1.54, 1.807) is 17.0 Å². The second kappa shape index (κ2) is 4.93. The van der Waals surface area contributed by atoms with Crippen molar-refractivity contribution >= 4 is 5.91 Å². The number of likely N-dealkylation sites (tertiary alicyclic amines) is 1. The predicted molar refractivity (Wildman–Crippen MR) is 60.1 cm³/mol. The molecule has 5 heteroatoms. The number of carbonyl (C=O) groups is 1. The number of aromatic nitrogens is 1. The minimum atomic E-state index is -0.175. The number of pyridine rings is 1. The third-order valence-corrected chi connectivity index (χ3v) is 2.96. The Labute approximate surface area is 99.3 Å². The van der Waals surface area contributed by atoms with Crippen molar-refractivity contribution < 1.29 is 9.90 Å². The Morgan fingerprint density at radius 2 is 2.47 bits per heavy atom. The third kappa shape index (κ3) is 2.27. The van der Waals surface area contributed by atoms with Crippen molar-refractivity contribution in [3.05, 3.63) is 29.6 Å². The van der Waals surface area contributed by atoms with Crippen LogP contribution in [-0.4, -0.2) is 40.1 Å². The molecule has 1 fully saturated rings. The lowest BCUT2D eigenvalue weighted by molar-refractivity contribution is 0.0672. The second-order valence-electron chi connectivity index (χ2n) is 4.02. The highest BCUT2D eigenvalue weighted by Crippen LogP contribution is 2.18. The van der Waals surface area contributed by atoms with Crippen LogP contribution in [0.3, 0.4) is 0 Å². The quantitative estimate of drug-likeness (QED) is 0.806. The summed E-state index contributed by atoms with van der Waals surface area (Å²) in [6, 6.07) is 4.98. The summed E-state index contributed by atoms with van der Waals surface area (Å²) in [6.07, 6.45) is 3.13. The van der Waals surface area contributed by atoms with Crippen molar-refractivity contribution in [3.8, 4) is 6.07 Å². The molecule has 88 valence electrons. The minimum absolute atomic E-state index is 0.0119. The molecule has 0 aromatic carbocycles. The summed E-state index contributed by atoms with van der Waals surface area (Å²) in [5.41, 5.74) is 0.756. The summed E-state index contributed by atoms with van der Waals surface area (Å²) in [7, 11) is 0. The van der Waals surface area contributed by atoms with Crippen molar-refractivity contribution in [1.29, 1.82) is 5.26 Å². The predicted octanol–water partition coefficient (Wildman–Crippen LogP) is 0.550. The van der Waals surface area contributed by atoms with Crippen LogP contribution in [0.2, 0.25) is 0 Å². The van der Waals surface area contributed by atoms with E-state index in [1.807, 2.05) is 6.07 Å². The average molecular weight is 231 g/mol. The first kappa shape index (κ1) is 11.6. The van der Waals surface area contributed by atoms with E-state index in [1.165, 1.54) is 6.20 Å². The number of amides is 1. The lowest BCUT2D eigenvalue weighted by atomic mass is 10.2. The SMILES string of the molecule is N#Cc1ccc(C(=O)N2CCC[C@@H]2CO)nc1. The summed E-state index contributed by atoms with van der Waals surface area (Å²) in [5, 5.41) is 17.8. The maximum absolute atomic E-state index is 12.1. The zero-order valence-electron chi connectivity index (χ0n) is 9.33. The highest BCUT2D eigenvalue weighted by atomic mass is 16.3. The average Bonchev–Trinajstić information content (AvgIpc) is 2.86. The Bertz CT molecular complexity index is 450. The van der Waals surface area contributed by atoms with E-state index in [0.29, 0.717) is 17.8 Å². The monoisotopic (exact) mass is 231 g/mol. The fourth-order valence-corrected chi connectivity index (χ4v) is 2.03. The van der Waals surface area contributed by atoms with E-state index < -0.39 is 0 Å². The number of rotatable bonds is 2. The summed E-state index contributed by atoms with van der Waals surface area (Å²) < 4.78 is 0. The van der Waals surface area contributed by atoms with Crippen LogP contribution in [-0.2, 0) is 0 Å². The minimum Gasteiger partial charge on any atom is -0.394 e. The van der Waals surface area contributed by atoms with E-state index in [2.05, 4.69) is 4.98 Å². The van der Waals surface area contributed by atoms with Gasteiger partial charge in [-0.1, -0.05) is 0 Å². The summed E-state index contributed by atoms with van der Waals surface area (Å²) in [6.45, 7) is 0.647. The summed E-state index contributed by atoms with van der Waals surface area (Å²) in [4.78, 5) is 17.7. The molecule has 0 bridgehead atoms. The van der Waals surface area contributed by atoms with Gasteiger partial charge in [-0.2, -0.15) is 5.26 Å². The maximum atomic E-state index is 12.1. The second-order valence-corrected chi connectivity index (χ2v) is 4.02. The van der Waals surface area contributed by atoms with Crippen LogP contribution in [0.4, 0.5) is 0 Å². The van der Waals surface area contributed by atoms with Gasteiger partial charge in [-0.3, -0.25) is 4.79 Å². The molecule has 1 aliphatic heterocycles. The van der Waals surface area contributed by atoms with Gasteiger partial charge in [0.25, 0.3) is 5.91 Å². The highest BCUT2D eigenvalue weighted by molar-refractivity contribution is 5.92. The first-order valence-electron chi connectivity index (χ1n) is 5.54. The number of nitriles is 1. The molecule has 0 saturated carbocycles. The van der Waals surface area contributed by atoms with E-state index in [0.717, 1.165) is 12.8 Å². The smallest absolute Gasteiger partial charge is 0.272 e. The van der Waals surface area contributed by atoms with Crippen LogP contribution in [0.25, 0.3) is 0 Å². The maximum Gasteiger partial charge on any atom is 0.272 e. The van der Waals surface area contributed by atoms with Gasteiger partial charge >= 0.3 is 0 Å². The van der Waals surface area contributed by atoms with E-state index in [-0.39, 0.29) is 18.6 Å². The molecule has 1 aromatic rings. The van der Waals surface area contributed by atoms with Crippen molar-refractivity contribution in [3.63, 3.8) is 0 Å². The molecule has 0 aliphatic carbocycles. The molecule has 2 rings (SSSR count). The number of hydrogen-bond acceptors (Lipinski definition) is 4. The largest absolute Gasteiger partial charge is 0.394 e. The van der Waals surface area contributed by atoms with Crippen molar-refractivity contribution in [2.75, 3.05) is 13.2 Å². The molecule has 0 radical (unpaired) electrons. The van der Waals surface area contributed by atoms with Crippen LogP contribution in [0, 0.1) is 11.3 Å².